The van der Waals surface area contributed by atoms with E-state index in [2.05, 4.69) is 44.1 Å². The second-order valence-corrected chi connectivity index (χ2v) is 24.7. The molecule has 506 valence electrons. The average molecular weight is 1420 g/mol. The van der Waals surface area contributed by atoms with E-state index >= 15 is 0 Å². The molecular weight excluding hydrogens is 1340 g/mol. The molecule has 9 N–H and O–H groups in total. The summed E-state index contributed by atoms with van der Waals surface area (Å²) in [7, 11) is -16.8. The van der Waals surface area contributed by atoms with Crippen LogP contribution in [0.15, 0.2) is 6.20 Å². The maximum absolute atomic E-state index is 13.9. The van der Waals surface area contributed by atoms with E-state index in [0.29, 0.717) is 17.3 Å². The third kappa shape index (κ3) is 29.4. The third-order valence-electron chi connectivity index (χ3n) is 15.1. The number of nitrogens with one attached hydrogen (secondary N) is 4. The minimum absolute atomic E-state index is 0. The van der Waals surface area contributed by atoms with Gasteiger partial charge in [0.2, 0.25) is 48.9 Å². The molecule has 0 spiro atoms. The monoisotopic (exact) mass is 1420 g/mol. The number of carbonyl (C=O) groups excluding carboxylic acids is 5. The molecule has 44 heteroatoms. The Labute approximate surface area is 620 Å². The van der Waals surface area contributed by atoms with Gasteiger partial charge < -0.3 is 104 Å². The molecule has 4 amide bonds. The molecule has 5 rings (SSSR count). The Morgan fingerprint density at radius 3 is 1.88 bits per heavy atom. The van der Waals surface area contributed by atoms with Crippen molar-refractivity contribution in [2.75, 3.05) is 72.5 Å². The first-order valence-corrected chi connectivity index (χ1v) is 32.1. The van der Waals surface area contributed by atoms with Gasteiger partial charge >= 0.3 is 118 Å². The number of aliphatic hydroxyl groups excluding tert-OH is 5. The molecule has 0 radical (unpaired) electrons. The number of aliphatic carboxylic acids is 1. The number of carboxylic acid groups (broad SMARTS) is 1. The van der Waals surface area contributed by atoms with E-state index in [1.165, 1.54) is 6.92 Å². The summed E-state index contributed by atoms with van der Waals surface area (Å²) < 4.78 is 155. The molecule has 92 heavy (non-hydrogen) atoms. The number of aromatic nitrogens is 3. The number of rotatable bonds is 36. The molecule has 0 aromatic carbocycles. The van der Waals surface area contributed by atoms with E-state index in [0.717, 1.165) is 39.0 Å². The second-order valence-electron chi connectivity index (χ2n) is 21.5. The molecule has 6 unspecified atom stereocenters. The number of nitrogens with zero attached hydrogens (tertiary/aromatic N) is 3. The predicted octanol–water partition coefficient (Wildman–Crippen LogP) is -19.1. The van der Waals surface area contributed by atoms with Crippen molar-refractivity contribution in [3.63, 3.8) is 0 Å². The third-order valence-corrected chi connectivity index (χ3v) is 16.3. The first-order valence-electron chi connectivity index (χ1n) is 28.1. The summed E-state index contributed by atoms with van der Waals surface area (Å²) in [5.74, 6) is -5.53. The zero-order valence-electron chi connectivity index (χ0n) is 52.2. The Bertz CT molecular complexity index is 2700. The van der Waals surface area contributed by atoms with Gasteiger partial charge in [-0.05, 0) is 38.0 Å². The maximum atomic E-state index is 13.9. The van der Waals surface area contributed by atoms with Crippen molar-refractivity contribution in [2.45, 2.75) is 170 Å². The molecule has 4 aliphatic rings. The van der Waals surface area contributed by atoms with Crippen LogP contribution in [-0.4, -0.2) is 261 Å². The summed E-state index contributed by atoms with van der Waals surface area (Å²) >= 11 is 0. The van der Waals surface area contributed by atoms with Crippen LogP contribution < -0.4 is 145 Å². The van der Waals surface area contributed by atoms with Gasteiger partial charge in [-0.3, -0.25) is 31.7 Å². The van der Waals surface area contributed by atoms with Crippen molar-refractivity contribution in [3.8, 4) is 0 Å². The van der Waals surface area contributed by atoms with E-state index in [1.807, 2.05) is 0 Å². The van der Waals surface area contributed by atoms with Crippen molar-refractivity contribution in [1.82, 2.24) is 36.3 Å². The Hall–Kier alpha value is -0.380. The number of aliphatic hydroxyl groups is 5. The molecule has 2 aliphatic heterocycles. The van der Waals surface area contributed by atoms with Gasteiger partial charge in [0.1, 0.15) is 48.2 Å². The first kappa shape index (κ1) is 89.6. The Kier molecular flexibility index (Phi) is 41.6. The van der Waals surface area contributed by atoms with Crippen molar-refractivity contribution in [2.24, 2.45) is 17.8 Å². The van der Waals surface area contributed by atoms with Gasteiger partial charge in [0, 0.05) is 38.9 Å². The van der Waals surface area contributed by atoms with Crippen LogP contribution >= 0.6 is 0 Å². The minimum atomic E-state index is -5.60. The smallest absolute Gasteiger partial charge is 0.726 e. The minimum Gasteiger partial charge on any atom is -0.726 e. The topological polar surface area (TPSA) is 552 Å². The van der Waals surface area contributed by atoms with Crippen LogP contribution in [-0.2, 0) is 102 Å². The second kappa shape index (κ2) is 42.7. The number of amides is 4. The normalized spacial score (nSPS) is 27.5. The molecule has 2 aliphatic carbocycles. The van der Waals surface area contributed by atoms with Crippen molar-refractivity contribution in [3.05, 3.63) is 11.9 Å². The number of carboxylic acids is 1. The van der Waals surface area contributed by atoms with Crippen LogP contribution in [0.5, 0.6) is 0 Å². The standard InChI is InChI=1S/C48H81N7O30S3.4Na/c1-4-29-19-30(20-32(41(29)85-47-40(62)39(61)37(59)26(2)81-47)83-46-36(52-27(3)57)42(38(60)34(22-56)84-46)82-33(45(65)66)18-28-8-6-5-7-9-28)43(63)50-12-11-49-35(58)10-14-76-16-17-77-15-13-51-44(64)31-21-55(54-53-31)48(23-78-86(67,68)69,24-79-87(70,71)72)25-80-88(73,74)75;;;;/h21,26,28-30,32-34,36-42,46-47,56,59-62H,4-20,22-25H2,1-3H3,(H,49,58)(H,50,63)(H,51,64)(H,52,57)(H,65,66)(H,67,68,69)(H,70,71,72)(H,73,74,75);;;;/q;4*+1/p-4/t26?,29?,30?,32-,33+,34+,36?,37-,38+,39+,40?,41-,42?,46-,47+;;;;/m1..../s1. The number of hydrogen-bond acceptors (Lipinski definition) is 32. The van der Waals surface area contributed by atoms with Gasteiger partial charge in [0.05, 0.1) is 89.4 Å². The molecule has 15 atom stereocenters. The zero-order chi connectivity index (χ0) is 65.1. The van der Waals surface area contributed by atoms with E-state index in [9.17, 15) is 93.5 Å². The molecule has 37 nitrogen and oxygen atoms in total. The van der Waals surface area contributed by atoms with Gasteiger partial charge in [-0.2, -0.15) is 0 Å². The Morgan fingerprint density at radius 1 is 0.739 bits per heavy atom. The molecule has 1 aromatic heterocycles. The van der Waals surface area contributed by atoms with Crippen LogP contribution in [0.4, 0.5) is 0 Å². The summed E-state index contributed by atoms with van der Waals surface area (Å²) in [6, 6.07) is -1.43. The quantitative estimate of drug-likeness (QED) is 0.0130. The zero-order valence-corrected chi connectivity index (χ0v) is 62.6. The summed E-state index contributed by atoms with van der Waals surface area (Å²) in [6.45, 7) is -1.51. The molecule has 4 fully saturated rings. The number of ether oxygens (including phenoxy) is 7. The summed E-state index contributed by atoms with van der Waals surface area (Å²) in [4.78, 5) is 64.7. The summed E-state index contributed by atoms with van der Waals surface area (Å²) in [6.07, 6.45) is -12.3. The van der Waals surface area contributed by atoms with E-state index in [-0.39, 0.29) is 196 Å². The fourth-order valence-corrected chi connectivity index (χ4v) is 11.6. The van der Waals surface area contributed by atoms with Crippen molar-refractivity contribution >= 4 is 60.8 Å². The van der Waals surface area contributed by atoms with Crippen LogP contribution in [0.3, 0.4) is 0 Å². The molecule has 0 bridgehead atoms. The van der Waals surface area contributed by atoms with Gasteiger partial charge in [0.25, 0.3) is 5.91 Å². The first-order chi connectivity index (χ1) is 41.3. The van der Waals surface area contributed by atoms with Crippen LogP contribution in [0.1, 0.15) is 95.5 Å². The van der Waals surface area contributed by atoms with Gasteiger partial charge in [0.15, 0.2) is 18.3 Å². The fourth-order valence-electron chi connectivity index (χ4n) is 10.5. The molecule has 2 saturated carbocycles. The van der Waals surface area contributed by atoms with E-state index < -0.39 is 190 Å². The number of carbonyl (C=O) groups is 5. The Balaban J connectivity index is 0.0000106. The van der Waals surface area contributed by atoms with Crippen LogP contribution in [0.25, 0.3) is 0 Å². The predicted molar refractivity (Wildman–Crippen MR) is 282 cm³/mol. The molecule has 2 saturated heterocycles. The van der Waals surface area contributed by atoms with E-state index in [4.69, 9.17) is 33.2 Å². The number of hydrogen-bond donors (Lipinski definition) is 9. The van der Waals surface area contributed by atoms with Crippen LogP contribution in [0, 0.1) is 17.8 Å². The summed E-state index contributed by atoms with van der Waals surface area (Å²) in [5, 5.41) is 83.9. The van der Waals surface area contributed by atoms with Gasteiger partial charge in [-0.15, -0.1) is 5.10 Å². The molecule has 1 aromatic rings. The van der Waals surface area contributed by atoms with Crippen molar-refractivity contribution < 1.29 is 257 Å². The molecular formula is C48H77N7Na4O30S3. The average Bonchev–Trinajstić information content (AvgIpc) is 1.24. The van der Waals surface area contributed by atoms with Gasteiger partial charge in [-0.25, -0.2) is 29.9 Å². The summed E-state index contributed by atoms with van der Waals surface area (Å²) in [5.41, 5.74) is -3.28. The van der Waals surface area contributed by atoms with Crippen molar-refractivity contribution in [1.29, 1.82) is 0 Å². The largest absolute Gasteiger partial charge is 1.00 e. The fraction of sp³-hybridized carbons (Fsp3) is 0.854. The van der Waals surface area contributed by atoms with Gasteiger partial charge in [-0.1, -0.05) is 50.7 Å². The van der Waals surface area contributed by atoms with Crippen LogP contribution in [0.2, 0.25) is 0 Å². The SMILES string of the molecule is CCC1CC(C(=O)NCCNC(=O)CCOCCOCCNC(=O)c2cn(C(COS(=O)(=O)[O-])(COS(=O)(=O)[O-])COS(=O)(=O)[O-])nn2)C[C@@H](O[C@@H]2O[C@@H](CO)[C@H](O)C(O[C@@H](CC3CCCCC3)C(=O)[O-])C2NC(C)=O)[C@@H]1O[C@@H]1OC(C)[C@@H](O)[C@H](O)C1O.[Na+].[Na+].[Na+].[Na+]. The Morgan fingerprint density at radius 2 is 1.33 bits per heavy atom. The maximum Gasteiger partial charge on any atom is 1.00 e. The van der Waals surface area contributed by atoms with E-state index in [1.54, 1.807) is 6.92 Å². The molecule has 3 heterocycles.